The van der Waals surface area contributed by atoms with Crippen molar-refractivity contribution >= 4 is 11.6 Å². The first kappa shape index (κ1) is 16.0. The summed E-state index contributed by atoms with van der Waals surface area (Å²) in [5.74, 6) is -0.0259. The first-order valence-electron chi connectivity index (χ1n) is 7.58. The molecule has 0 aliphatic carbocycles. The summed E-state index contributed by atoms with van der Waals surface area (Å²) in [6.45, 7) is 5.92. The Labute approximate surface area is 132 Å². The van der Waals surface area contributed by atoms with E-state index >= 15 is 0 Å². The molecule has 1 aromatic carbocycles. The van der Waals surface area contributed by atoms with Crippen LogP contribution in [0, 0.1) is 0 Å². The third-order valence-electron chi connectivity index (χ3n) is 3.58. The molecule has 1 atom stereocenters. The second kappa shape index (κ2) is 7.07. The van der Waals surface area contributed by atoms with Crippen molar-refractivity contribution in [2.24, 2.45) is 0 Å². The predicted octanol–water partition coefficient (Wildman–Crippen LogP) is 3.32. The molecule has 1 amide bonds. The molecule has 0 fully saturated rings. The summed E-state index contributed by atoms with van der Waals surface area (Å²) in [4.78, 5) is 16.9. The lowest BCUT2D eigenvalue weighted by Gasteiger charge is -2.28. The normalized spacial score (nSPS) is 12.5. The van der Waals surface area contributed by atoms with E-state index in [0.29, 0.717) is 6.42 Å². The molecule has 2 rings (SSSR count). The van der Waals surface area contributed by atoms with E-state index in [2.05, 4.69) is 15.6 Å². The van der Waals surface area contributed by atoms with Gasteiger partial charge in [0.1, 0.15) is 6.04 Å². The number of nitrogens with one attached hydrogen (secondary N) is 2. The summed E-state index contributed by atoms with van der Waals surface area (Å²) in [5.41, 5.74) is 1.28. The van der Waals surface area contributed by atoms with Crippen LogP contribution in [0.3, 0.4) is 0 Å². The van der Waals surface area contributed by atoms with Gasteiger partial charge in [-0.2, -0.15) is 0 Å². The highest BCUT2D eigenvalue weighted by atomic mass is 16.2. The minimum Gasteiger partial charge on any atom is -0.374 e. The van der Waals surface area contributed by atoms with Crippen molar-refractivity contribution < 1.29 is 4.79 Å². The molecule has 4 nitrogen and oxygen atoms in total. The second-order valence-corrected chi connectivity index (χ2v) is 5.80. The Kier molecular flexibility index (Phi) is 5.15. The van der Waals surface area contributed by atoms with Gasteiger partial charge >= 0.3 is 0 Å². The maximum Gasteiger partial charge on any atom is 0.243 e. The average molecular weight is 297 g/mol. The zero-order valence-electron chi connectivity index (χ0n) is 13.3. The molecular formula is C18H23N3O. The fraction of sp³-hybridized carbons (Fsp3) is 0.333. The molecule has 0 bridgehead atoms. The van der Waals surface area contributed by atoms with Crippen molar-refractivity contribution in [3.05, 3.63) is 60.4 Å². The number of nitrogens with zero attached hydrogens (tertiary/aromatic N) is 1. The summed E-state index contributed by atoms with van der Waals surface area (Å²) in [6.07, 6.45) is 2.45. The molecule has 0 aliphatic heterocycles. The summed E-state index contributed by atoms with van der Waals surface area (Å²) in [5, 5.41) is 6.35. The monoisotopic (exact) mass is 297 g/mol. The van der Waals surface area contributed by atoms with Crippen LogP contribution < -0.4 is 10.6 Å². The van der Waals surface area contributed by atoms with Crippen LogP contribution in [0.2, 0.25) is 0 Å². The summed E-state index contributed by atoms with van der Waals surface area (Å²) in [7, 11) is 0. The predicted molar refractivity (Wildman–Crippen MR) is 89.5 cm³/mol. The number of para-hydroxylation sites is 1. The van der Waals surface area contributed by atoms with Crippen molar-refractivity contribution in [1.29, 1.82) is 0 Å². The summed E-state index contributed by atoms with van der Waals surface area (Å²) >= 11 is 0. The highest BCUT2D eigenvalue weighted by molar-refractivity contribution is 5.85. The molecule has 116 valence electrons. The van der Waals surface area contributed by atoms with Crippen LogP contribution in [0.5, 0.6) is 0 Å². The number of hydrogen-bond acceptors (Lipinski definition) is 3. The van der Waals surface area contributed by atoms with Gasteiger partial charge in [0.15, 0.2) is 0 Å². The van der Waals surface area contributed by atoms with E-state index in [1.165, 1.54) is 0 Å². The van der Waals surface area contributed by atoms with Gasteiger partial charge in [0, 0.05) is 11.9 Å². The molecule has 0 radical (unpaired) electrons. The first-order valence-corrected chi connectivity index (χ1v) is 7.58. The Morgan fingerprint density at radius 2 is 1.82 bits per heavy atom. The van der Waals surface area contributed by atoms with Crippen LogP contribution in [0.25, 0.3) is 0 Å². The largest absolute Gasteiger partial charge is 0.374 e. The third kappa shape index (κ3) is 4.07. The van der Waals surface area contributed by atoms with E-state index < -0.39 is 5.54 Å². The van der Waals surface area contributed by atoms with Gasteiger partial charge in [0.2, 0.25) is 5.91 Å². The molecule has 0 aliphatic rings. The van der Waals surface area contributed by atoms with Crippen LogP contribution >= 0.6 is 0 Å². The van der Waals surface area contributed by atoms with Gasteiger partial charge in [-0.05, 0) is 44.5 Å². The Balaban J connectivity index is 2.06. The van der Waals surface area contributed by atoms with Gasteiger partial charge in [-0.25, -0.2) is 0 Å². The zero-order valence-corrected chi connectivity index (χ0v) is 13.3. The van der Waals surface area contributed by atoms with E-state index in [4.69, 9.17) is 0 Å². The molecule has 2 N–H and O–H groups in total. The SMILES string of the molecule is CCC(Nc1ccccc1)C(=O)NC(C)(C)c1ccccn1. The van der Waals surface area contributed by atoms with Crippen LogP contribution in [0.4, 0.5) is 5.69 Å². The molecule has 1 unspecified atom stereocenters. The van der Waals surface area contributed by atoms with E-state index in [1.807, 2.05) is 69.3 Å². The number of aromatic nitrogens is 1. The number of carbonyl (C=O) groups excluding carboxylic acids is 1. The molecular weight excluding hydrogens is 274 g/mol. The quantitative estimate of drug-likeness (QED) is 0.860. The Morgan fingerprint density at radius 1 is 1.14 bits per heavy atom. The Morgan fingerprint density at radius 3 is 2.41 bits per heavy atom. The van der Waals surface area contributed by atoms with Crippen LogP contribution in [-0.4, -0.2) is 16.9 Å². The van der Waals surface area contributed by atoms with Crippen LogP contribution in [-0.2, 0) is 10.3 Å². The number of rotatable bonds is 6. The minimum absolute atomic E-state index is 0.0259. The minimum atomic E-state index is -0.510. The van der Waals surface area contributed by atoms with Crippen LogP contribution in [0.1, 0.15) is 32.9 Å². The average Bonchev–Trinajstić information content (AvgIpc) is 2.54. The number of pyridine rings is 1. The van der Waals surface area contributed by atoms with Gasteiger partial charge in [-0.1, -0.05) is 31.2 Å². The van der Waals surface area contributed by atoms with Crippen molar-refractivity contribution in [1.82, 2.24) is 10.3 Å². The molecule has 2 aromatic rings. The van der Waals surface area contributed by atoms with Gasteiger partial charge in [-0.3, -0.25) is 9.78 Å². The lowest BCUT2D eigenvalue weighted by Crippen LogP contribution is -2.48. The molecule has 0 saturated heterocycles. The van der Waals surface area contributed by atoms with Crippen molar-refractivity contribution in [2.75, 3.05) is 5.32 Å². The highest BCUT2D eigenvalue weighted by Crippen LogP contribution is 2.18. The van der Waals surface area contributed by atoms with Crippen LogP contribution in [0.15, 0.2) is 54.7 Å². The van der Waals surface area contributed by atoms with Gasteiger partial charge in [-0.15, -0.1) is 0 Å². The standard InChI is InChI=1S/C18H23N3O/c1-4-15(20-14-10-6-5-7-11-14)17(22)21-18(2,3)16-12-8-9-13-19-16/h5-13,15,20H,4H2,1-3H3,(H,21,22). The fourth-order valence-corrected chi connectivity index (χ4v) is 2.28. The maximum absolute atomic E-state index is 12.6. The molecule has 0 saturated carbocycles. The number of benzene rings is 1. The number of anilines is 1. The lowest BCUT2D eigenvalue weighted by atomic mass is 9.99. The third-order valence-corrected chi connectivity index (χ3v) is 3.58. The van der Waals surface area contributed by atoms with Crippen molar-refractivity contribution in [3.8, 4) is 0 Å². The van der Waals surface area contributed by atoms with E-state index in [1.54, 1.807) is 6.20 Å². The van der Waals surface area contributed by atoms with E-state index in [-0.39, 0.29) is 11.9 Å². The van der Waals surface area contributed by atoms with Gasteiger partial charge in [0.25, 0.3) is 0 Å². The molecule has 22 heavy (non-hydrogen) atoms. The van der Waals surface area contributed by atoms with E-state index in [0.717, 1.165) is 11.4 Å². The fourth-order valence-electron chi connectivity index (χ4n) is 2.28. The van der Waals surface area contributed by atoms with Crippen molar-refractivity contribution in [3.63, 3.8) is 0 Å². The maximum atomic E-state index is 12.6. The molecule has 0 spiro atoms. The summed E-state index contributed by atoms with van der Waals surface area (Å²) < 4.78 is 0. The Hall–Kier alpha value is -2.36. The Bertz CT molecular complexity index is 596. The van der Waals surface area contributed by atoms with Crippen molar-refractivity contribution in [2.45, 2.75) is 38.8 Å². The highest BCUT2D eigenvalue weighted by Gasteiger charge is 2.27. The number of carbonyl (C=O) groups is 1. The molecule has 4 heteroatoms. The smallest absolute Gasteiger partial charge is 0.243 e. The lowest BCUT2D eigenvalue weighted by molar-refractivity contribution is -0.123. The zero-order chi connectivity index (χ0) is 16.0. The molecule has 1 heterocycles. The number of hydrogen-bond donors (Lipinski definition) is 2. The number of amides is 1. The van der Waals surface area contributed by atoms with E-state index in [9.17, 15) is 4.79 Å². The van der Waals surface area contributed by atoms with Gasteiger partial charge in [0.05, 0.1) is 11.2 Å². The molecule has 1 aromatic heterocycles. The summed E-state index contributed by atoms with van der Waals surface area (Å²) in [6, 6.07) is 15.2. The van der Waals surface area contributed by atoms with Gasteiger partial charge < -0.3 is 10.6 Å². The topological polar surface area (TPSA) is 54.0 Å². The second-order valence-electron chi connectivity index (χ2n) is 5.80. The first-order chi connectivity index (χ1) is 10.5.